The summed E-state index contributed by atoms with van der Waals surface area (Å²) in [5, 5.41) is 23.3. The number of ketones is 1. The Hall–Kier alpha value is -4.28. The van der Waals surface area contributed by atoms with Crippen LogP contribution in [0.5, 0.6) is 0 Å². The van der Waals surface area contributed by atoms with Gasteiger partial charge >= 0.3 is 6.09 Å². The van der Waals surface area contributed by atoms with E-state index in [-0.39, 0.29) is 31.3 Å². The minimum Gasteiger partial charge on any atom is -0.445 e. The second kappa shape index (κ2) is 17.1. The molecular formula is C34H42N4O6. The van der Waals surface area contributed by atoms with Gasteiger partial charge in [0, 0.05) is 18.9 Å². The highest BCUT2D eigenvalue weighted by Gasteiger charge is 2.29. The maximum absolute atomic E-state index is 13.6. The van der Waals surface area contributed by atoms with Crippen LogP contribution in [0.15, 0.2) is 72.8 Å². The van der Waals surface area contributed by atoms with Crippen LogP contribution in [0.3, 0.4) is 0 Å². The number of aliphatic hydroxyl groups is 1. The maximum atomic E-state index is 13.6. The van der Waals surface area contributed by atoms with Gasteiger partial charge in [0.15, 0.2) is 5.78 Å². The molecule has 0 aromatic heterocycles. The molecule has 10 nitrogen and oxygen atoms in total. The monoisotopic (exact) mass is 602 g/mol. The lowest BCUT2D eigenvalue weighted by atomic mass is 9.95. The minimum atomic E-state index is -0.924. The van der Waals surface area contributed by atoms with Gasteiger partial charge in [-0.25, -0.2) is 4.79 Å². The number of nitrogens with one attached hydrogen (secondary N) is 4. The van der Waals surface area contributed by atoms with Gasteiger partial charge in [0.2, 0.25) is 11.8 Å². The molecule has 4 rings (SSSR count). The standard InChI is InChI=1S/C34H42N4O6/c39-22-31(40)29(12-6-7-17-36-34(43)44-23-24-8-2-1-3-9-24)37-33(42)30(38-32(41)27-15-18-35-19-16-27)21-25-13-14-26-10-4-5-11-28(26)20-25/h1-5,8-11,13-14,20,27,29-30,35,39H,6-7,12,15-19,21-23H2,(H,36,43)(H,37,42)(H,38,41)/t29-,30-/m0/s1. The Morgan fingerprint density at radius 3 is 2.32 bits per heavy atom. The first kappa shape index (κ1) is 32.6. The minimum absolute atomic E-state index is 0.167. The van der Waals surface area contributed by atoms with E-state index in [1.807, 2.05) is 72.8 Å². The third kappa shape index (κ3) is 10.2. The van der Waals surface area contributed by atoms with Crippen molar-refractivity contribution in [2.75, 3.05) is 26.2 Å². The summed E-state index contributed by atoms with van der Waals surface area (Å²) in [5.41, 5.74) is 1.76. The van der Waals surface area contributed by atoms with E-state index in [4.69, 9.17) is 4.74 Å². The van der Waals surface area contributed by atoms with E-state index in [1.54, 1.807) is 0 Å². The Balaban J connectivity index is 1.33. The van der Waals surface area contributed by atoms with Crippen LogP contribution in [-0.2, 0) is 32.1 Å². The summed E-state index contributed by atoms with van der Waals surface area (Å²) < 4.78 is 5.21. The zero-order valence-corrected chi connectivity index (χ0v) is 24.9. The fourth-order valence-corrected chi connectivity index (χ4v) is 5.32. The molecule has 1 heterocycles. The Labute approximate surface area is 257 Å². The molecule has 0 unspecified atom stereocenters. The van der Waals surface area contributed by atoms with Crippen molar-refractivity contribution in [3.8, 4) is 0 Å². The van der Waals surface area contributed by atoms with Crippen LogP contribution < -0.4 is 21.3 Å². The summed E-state index contributed by atoms with van der Waals surface area (Å²) >= 11 is 0. The molecule has 0 radical (unpaired) electrons. The molecule has 10 heteroatoms. The van der Waals surface area contributed by atoms with E-state index in [0.29, 0.717) is 32.2 Å². The third-order valence-corrected chi connectivity index (χ3v) is 7.86. The van der Waals surface area contributed by atoms with Crippen molar-refractivity contribution in [2.24, 2.45) is 5.92 Å². The molecule has 1 aliphatic heterocycles. The average molecular weight is 603 g/mol. The largest absolute Gasteiger partial charge is 0.445 e. The van der Waals surface area contributed by atoms with Crippen LogP contribution in [0.1, 0.15) is 43.2 Å². The number of unbranched alkanes of at least 4 members (excludes halogenated alkanes) is 1. The number of piperidine rings is 1. The average Bonchev–Trinajstić information content (AvgIpc) is 3.06. The molecule has 5 N–H and O–H groups in total. The number of aliphatic hydroxyl groups excluding tert-OH is 1. The maximum Gasteiger partial charge on any atom is 0.407 e. The van der Waals surface area contributed by atoms with Crippen molar-refractivity contribution in [2.45, 2.75) is 57.2 Å². The van der Waals surface area contributed by atoms with Gasteiger partial charge in [0.25, 0.3) is 0 Å². The van der Waals surface area contributed by atoms with Gasteiger partial charge in [-0.2, -0.15) is 0 Å². The van der Waals surface area contributed by atoms with Gasteiger partial charge in [0.1, 0.15) is 19.3 Å². The number of fused-ring (bicyclic) bond motifs is 1. The molecule has 44 heavy (non-hydrogen) atoms. The lowest BCUT2D eigenvalue weighted by molar-refractivity contribution is -0.133. The Kier molecular flexibility index (Phi) is 12.7. The molecule has 3 amide bonds. The van der Waals surface area contributed by atoms with Gasteiger partial charge in [0.05, 0.1) is 6.04 Å². The van der Waals surface area contributed by atoms with E-state index in [2.05, 4.69) is 21.3 Å². The van der Waals surface area contributed by atoms with Crippen LogP contribution in [0.25, 0.3) is 10.8 Å². The van der Waals surface area contributed by atoms with Crippen molar-refractivity contribution in [1.29, 1.82) is 0 Å². The highest BCUT2D eigenvalue weighted by atomic mass is 16.5. The van der Waals surface area contributed by atoms with E-state index in [0.717, 1.165) is 35.0 Å². The second-order valence-corrected chi connectivity index (χ2v) is 11.1. The summed E-state index contributed by atoms with van der Waals surface area (Å²) in [6.45, 7) is 1.27. The summed E-state index contributed by atoms with van der Waals surface area (Å²) in [6, 6.07) is 21.4. The molecule has 3 aromatic carbocycles. The van der Waals surface area contributed by atoms with E-state index < -0.39 is 36.5 Å². The van der Waals surface area contributed by atoms with Crippen LogP contribution in [0, 0.1) is 5.92 Å². The molecule has 1 fully saturated rings. The fourth-order valence-electron chi connectivity index (χ4n) is 5.32. The quantitative estimate of drug-likeness (QED) is 0.168. The number of Topliss-reactive ketones (excluding diaryl/α,β-unsaturated/α-hetero) is 1. The highest BCUT2D eigenvalue weighted by Crippen LogP contribution is 2.18. The molecule has 0 aliphatic carbocycles. The highest BCUT2D eigenvalue weighted by molar-refractivity contribution is 5.94. The fraction of sp³-hybridized carbons (Fsp3) is 0.412. The van der Waals surface area contributed by atoms with Crippen LogP contribution in [-0.4, -0.2) is 67.1 Å². The van der Waals surface area contributed by atoms with E-state index >= 15 is 0 Å². The smallest absolute Gasteiger partial charge is 0.407 e. The molecular weight excluding hydrogens is 560 g/mol. The molecule has 0 saturated carbocycles. The SMILES string of the molecule is O=C(NCCCC[C@H](NC(=O)[C@H](Cc1ccc2ccccc2c1)NC(=O)C1CCNCC1)C(=O)CO)OCc1ccccc1. The van der Waals surface area contributed by atoms with Gasteiger partial charge in [-0.05, 0) is 67.1 Å². The summed E-state index contributed by atoms with van der Waals surface area (Å²) in [5.74, 6) is -1.36. The topological polar surface area (TPSA) is 146 Å². The van der Waals surface area contributed by atoms with Crippen molar-refractivity contribution in [3.63, 3.8) is 0 Å². The molecule has 2 atom stereocenters. The lowest BCUT2D eigenvalue weighted by Gasteiger charge is -2.26. The molecule has 234 valence electrons. The lowest BCUT2D eigenvalue weighted by Crippen LogP contribution is -2.54. The molecule has 0 bridgehead atoms. The van der Waals surface area contributed by atoms with Gasteiger partial charge in [-0.3, -0.25) is 14.4 Å². The van der Waals surface area contributed by atoms with Crippen molar-refractivity contribution in [1.82, 2.24) is 21.3 Å². The number of alkyl carbamates (subject to hydrolysis) is 1. The predicted octanol–water partition coefficient (Wildman–Crippen LogP) is 3.01. The van der Waals surface area contributed by atoms with Crippen LogP contribution in [0.2, 0.25) is 0 Å². The Morgan fingerprint density at radius 1 is 0.841 bits per heavy atom. The summed E-state index contributed by atoms with van der Waals surface area (Å²) in [4.78, 5) is 51.3. The third-order valence-electron chi connectivity index (χ3n) is 7.86. The molecule has 3 aromatic rings. The van der Waals surface area contributed by atoms with Gasteiger partial charge in [-0.1, -0.05) is 72.8 Å². The number of amides is 3. The number of carbonyl (C=O) groups is 4. The first-order valence-corrected chi connectivity index (χ1v) is 15.3. The van der Waals surface area contributed by atoms with Crippen LogP contribution >= 0.6 is 0 Å². The number of rotatable bonds is 15. The number of hydrogen-bond acceptors (Lipinski definition) is 7. The van der Waals surface area contributed by atoms with Gasteiger partial charge < -0.3 is 31.1 Å². The summed E-state index contributed by atoms with van der Waals surface area (Å²) in [6.07, 6.45) is 2.42. The van der Waals surface area contributed by atoms with E-state index in [1.165, 1.54) is 0 Å². The number of benzene rings is 3. The summed E-state index contributed by atoms with van der Waals surface area (Å²) in [7, 11) is 0. The van der Waals surface area contributed by atoms with E-state index in [9.17, 15) is 24.3 Å². The zero-order valence-electron chi connectivity index (χ0n) is 24.9. The molecule has 1 aliphatic rings. The number of carbonyl (C=O) groups excluding carboxylic acids is 4. The molecule has 1 saturated heterocycles. The first-order valence-electron chi connectivity index (χ1n) is 15.3. The van der Waals surface area contributed by atoms with Crippen molar-refractivity contribution >= 4 is 34.5 Å². The Morgan fingerprint density at radius 2 is 1.57 bits per heavy atom. The van der Waals surface area contributed by atoms with Crippen molar-refractivity contribution < 1.29 is 29.0 Å². The Bertz CT molecular complexity index is 1390. The number of hydrogen-bond donors (Lipinski definition) is 5. The second-order valence-electron chi connectivity index (χ2n) is 11.1. The normalized spacial score (nSPS) is 14.8. The van der Waals surface area contributed by atoms with Crippen molar-refractivity contribution in [3.05, 3.63) is 83.9 Å². The van der Waals surface area contributed by atoms with Crippen LogP contribution in [0.4, 0.5) is 4.79 Å². The predicted molar refractivity (Wildman–Crippen MR) is 168 cm³/mol. The molecule has 0 spiro atoms. The number of ether oxygens (including phenoxy) is 1. The zero-order chi connectivity index (χ0) is 31.1. The van der Waals surface area contributed by atoms with Gasteiger partial charge in [-0.15, -0.1) is 0 Å². The first-order chi connectivity index (χ1) is 21.4.